The molecule has 40 valence electrons. The molecule has 0 bridgehead atoms. The number of nitriles is 1. The summed E-state index contributed by atoms with van der Waals surface area (Å²) in [5.41, 5.74) is 0. The van der Waals surface area contributed by atoms with Crippen LogP contribution in [0.4, 0.5) is 0 Å². The molecule has 0 heterocycles. The van der Waals surface area contributed by atoms with Gasteiger partial charge in [-0.3, -0.25) is 0 Å². The van der Waals surface area contributed by atoms with Crippen LogP contribution in [-0.2, 0) is 0 Å². The summed E-state index contributed by atoms with van der Waals surface area (Å²) in [5, 5.41) is 7.99. The molecule has 0 amide bonds. The van der Waals surface area contributed by atoms with Crippen molar-refractivity contribution in [3.8, 4) is 6.07 Å². The molecule has 0 aliphatic heterocycles. The maximum atomic E-state index is 7.99. The number of allylic oxidation sites excluding steroid dienone is 1. The van der Waals surface area contributed by atoms with Crippen molar-refractivity contribution >= 4 is 0 Å². The third kappa shape index (κ3) is 4.72. The zero-order valence-electron chi connectivity index (χ0n) is 4.46. The Morgan fingerprint density at radius 1 is 1.62 bits per heavy atom. The van der Waals surface area contributed by atoms with Crippen LogP contribution >= 0.6 is 0 Å². The van der Waals surface area contributed by atoms with E-state index in [9.17, 15) is 0 Å². The minimum Gasteiger partial charge on any atom is -0.312 e. The lowest BCUT2D eigenvalue weighted by molar-refractivity contribution is 1.33. The van der Waals surface area contributed by atoms with Crippen LogP contribution in [0.15, 0.2) is 12.2 Å². The first kappa shape index (κ1) is 6.72. The average molecular weight is 106 g/mol. The fourth-order valence-corrected chi connectivity index (χ4v) is 0.263. The van der Waals surface area contributed by atoms with Gasteiger partial charge in [-0.15, -0.1) is 0 Å². The van der Waals surface area contributed by atoms with Crippen molar-refractivity contribution in [2.24, 2.45) is 0 Å². The van der Waals surface area contributed by atoms with Gasteiger partial charge in [0.2, 0.25) is 6.54 Å². The van der Waals surface area contributed by atoms with Gasteiger partial charge < -0.3 is 4.85 Å². The van der Waals surface area contributed by atoms with Gasteiger partial charge in [0.15, 0.2) is 0 Å². The number of hydrogen-bond donors (Lipinski definition) is 0. The van der Waals surface area contributed by atoms with Crippen LogP contribution in [0.1, 0.15) is 6.42 Å². The first-order valence-corrected chi connectivity index (χ1v) is 2.27. The Kier molecular flexibility index (Phi) is 4.80. The molecule has 0 aliphatic rings. The molecule has 0 radical (unpaired) electrons. The van der Waals surface area contributed by atoms with Crippen LogP contribution in [0.5, 0.6) is 0 Å². The summed E-state index contributed by atoms with van der Waals surface area (Å²) in [7, 11) is 0. The lowest BCUT2D eigenvalue weighted by Gasteiger charge is -1.68. The van der Waals surface area contributed by atoms with E-state index in [1.54, 1.807) is 12.2 Å². The number of hydrogen-bond acceptors (Lipinski definition) is 1. The van der Waals surface area contributed by atoms with Crippen molar-refractivity contribution in [1.29, 1.82) is 5.26 Å². The molecular formula is C6H6N2. The molecule has 0 fully saturated rings. The Labute approximate surface area is 48.9 Å². The van der Waals surface area contributed by atoms with E-state index in [4.69, 9.17) is 11.8 Å². The van der Waals surface area contributed by atoms with Gasteiger partial charge in [0.05, 0.1) is 12.5 Å². The Morgan fingerprint density at radius 3 is 2.88 bits per heavy atom. The molecule has 0 aliphatic carbocycles. The van der Waals surface area contributed by atoms with Gasteiger partial charge in [0, 0.05) is 0 Å². The van der Waals surface area contributed by atoms with Crippen molar-refractivity contribution in [1.82, 2.24) is 0 Å². The third-order valence-electron chi connectivity index (χ3n) is 0.573. The SMILES string of the molecule is [C-]#[N+]C/C=C/CC#N. The van der Waals surface area contributed by atoms with Gasteiger partial charge in [-0.2, -0.15) is 5.26 Å². The summed E-state index contributed by atoms with van der Waals surface area (Å²) in [6.45, 7) is 6.72. The predicted molar refractivity (Wildman–Crippen MR) is 30.8 cm³/mol. The normalized spacial score (nSPS) is 8.25. The largest absolute Gasteiger partial charge is 0.312 e. The molecular weight excluding hydrogens is 100 g/mol. The summed E-state index contributed by atoms with van der Waals surface area (Å²) >= 11 is 0. The van der Waals surface area contributed by atoms with Crippen LogP contribution in [0.3, 0.4) is 0 Å². The van der Waals surface area contributed by atoms with Crippen LogP contribution in [-0.4, -0.2) is 6.54 Å². The second-order valence-corrected chi connectivity index (χ2v) is 1.17. The molecule has 0 rings (SSSR count). The number of nitrogens with zero attached hydrogens (tertiary/aromatic N) is 2. The van der Waals surface area contributed by atoms with E-state index in [1.807, 2.05) is 6.07 Å². The molecule has 2 nitrogen and oxygen atoms in total. The Bertz CT molecular complexity index is 127. The smallest absolute Gasteiger partial charge is 0.232 e. The van der Waals surface area contributed by atoms with Crippen molar-refractivity contribution in [2.75, 3.05) is 6.54 Å². The Morgan fingerprint density at radius 2 is 2.38 bits per heavy atom. The van der Waals surface area contributed by atoms with Crippen molar-refractivity contribution in [2.45, 2.75) is 6.42 Å². The standard InChI is InChI=1S/C6H6N2/c1-8-6-4-2-3-5-7/h2,4H,3,6H2/b4-2+. The second kappa shape index (κ2) is 5.72. The average Bonchev–Trinajstić information content (AvgIpc) is 1.81. The number of rotatable bonds is 2. The predicted octanol–water partition coefficient (Wildman–Crippen LogP) is 1.38. The molecule has 0 N–H and O–H groups in total. The maximum Gasteiger partial charge on any atom is 0.232 e. The molecule has 0 aromatic heterocycles. The van der Waals surface area contributed by atoms with Crippen LogP contribution < -0.4 is 0 Å². The van der Waals surface area contributed by atoms with E-state index >= 15 is 0 Å². The second-order valence-electron chi connectivity index (χ2n) is 1.17. The van der Waals surface area contributed by atoms with E-state index < -0.39 is 0 Å². The van der Waals surface area contributed by atoms with Crippen molar-refractivity contribution in [3.05, 3.63) is 23.6 Å². The zero-order chi connectivity index (χ0) is 6.24. The van der Waals surface area contributed by atoms with Gasteiger partial charge in [-0.1, -0.05) is 6.08 Å². The molecule has 0 aromatic carbocycles. The minimum absolute atomic E-state index is 0.391. The molecule has 0 atom stereocenters. The molecule has 8 heavy (non-hydrogen) atoms. The molecule has 0 saturated heterocycles. The highest BCUT2D eigenvalue weighted by Gasteiger charge is 1.72. The fraction of sp³-hybridized carbons (Fsp3) is 0.333. The van der Waals surface area contributed by atoms with Gasteiger partial charge in [-0.25, -0.2) is 6.57 Å². The van der Waals surface area contributed by atoms with Crippen molar-refractivity contribution in [3.63, 3.8) is 0 Å². The van der Waals surface area contributed by atoms with Crippen LogP contribution in [0.25, 0.3) is 4.85 Å². The van der Waals surface area contributed by atoms with Gasteiger partial charge in [-0.05, 0) is 6.08 Å². The Hall–Kier alpha value is -1.28. The highest BCUT2D eigenvalue weighted by molar-refractivity contribution is 4.94. The quantitative estimate of drug-likeness (QED) is 0.386. The third-order valence-corrected chi connectivity index (χ3v) is 0.573. The molecule has 0 aromatic rings. The monoisotopic (exact) mass is 106 g/mol. The van der Waals surface area contributed by atoms with Gasteiger partial charge in [0.25, 0.3) is 0 Å². The maximum absolute atomic E-state index is 7.99. The van der Waals surface area contributed by atoms with Gasteiger partial charge in [0.1, 0.15) is 0 Å². The van der Waals surface area contributed by atoms with Crippen LogP contribution in [0, 0.1) is 17.9 Å². The Balaban J connectivity index is 3.14. The first-order chi connectivity index (χ1) is 3.91. The topological polar surface area (TPSA) is 28.1 Å². The first-order valence-electron chi connectivity index (χ1n) is 2.27. The van der Waals surface area contributed by atoms with Gasteiger partial charge >= 0.3 is 0 Å². The molecule has 2 heteroatoms. The fourth-order valence-electron chi connectivity index (χ4n) is 0.263. The summed E-state index contributed by atoms with van der Waals surface area (Å²) in [4.78, 5) is 3.06. The summed E-state index contributed by atoms with van der Waals surface area (Å²) in [6.07, 6.45) is 3.80. The summed E-state index contributed by atoms with van der Waals surface area (Å²) in [6, 6.07) is 1.94. The van der Waals surface area contributed by atoms with Crippen molar-refractivity contribution < 1.29 is 0 Å². The summed E-state index contributed by atoms with van der Waals surface area (Å²) in [5.74, 6) is 0. The van der Waals surface area contributed by atoms with E-state index in [0.717, 1.165) is 0 Å². The van der Waals surface area contributed by atoms with E-state index in [2.05, 4.69) is 4.85 Å². The van der Waals surface area contributed by atoms with E-state index in [-0.39, 0.29) is 0 Å². The molecule has 0 spiro atoms. The highest BCUT2D eigenvalue weighted by atomic mass is 14.6. The lowest BCUT2D eigenvalue weighted by atomic mass is 10.4. The van der Waals surface area contributed by atoms with E-state index in [0.29, 0.717) is 13.0 Å². The zero-order valence-corrected chi connectivity index (χ0v) is 4.46. The minimum atomic E-state index is 0.391. The molecule has 0 unspecified atom stereocenters. The summed E-state index contributed by atoms with van der Waals surface area (Å²) < 4.78 is 0. The lowest BCUT2D eigenvalue weighted by Crippen LogP contribution is -1.63. The molecule has 0 saturated carbocycles. The van der Waals surface area contributed by atoms with Crippen LogP contribution in [0.2, 0.25) is 0 Å². The van der Waals surface area contributed by atoms with E-state index in [1.165, 1.54) is 0 Å². The highest BCUT2D eigenvalue weighted by Crippen LogP contribution is 1.78.